The Bertz CT molecular complexity index is 1010. The molecular formula is C25H30N4O3. The predicted molar refractivity (Wildman–Crippen MR) is 125 cm³/mol. The second-order valence-corrected chi connectivity index (χ2v) is 8.95. The van der Waals surface area contributed by atoms with Crippen LogP contribution in [-0.4, -0.2) is 59.9 Å². The third kappa shape index (κ3) is 4.25. The molecule has 1 N–H and O–H groups in total. The zero-order valence-corrected chi connectivity index (χ0v) is 18.9. The van der Waals surface area contributed by atoms with Gasteiger partial charge >= 0.3 is 0 Å². The van der Waals surface area contributed by atoms with Crippen molar-refractivity contribution < 1.29 is 14.7 Å². The molecule has 2 aromatic rings. The molecule has 1 amide bonds. The molecular weight excluding hydrogens is 404 g/mol. The van der Waals surface area contributed by atoms with Crippen LogP contribution < -0.4 is 9.80 Å². The van der Waals surface area contributed by atoms with Crippen LogP contribution in [0.2, 0.25) is 0 Å². The van der Waals surface area contributed by atoms with Gasteiger partial charge in [0.1, 0.15) is 0 Å². The summed E-state index contributed by atoms with van der Waals surface area (Å²) in [5, 5.41) is 10.7. The summed E-state index contributed by atoms with van der Waals surface area (Å²) in [5.74, 6) is -1.09. The molecule has 7 heteroatoms. The van der Waals surface area contributed by atoms with Crippen LogP contribution in [0.5, 0.6) is 0 Å². The monoisotopic (exact) mass is 434 g/mol. The fraction of sp³-hybridized carbons (Fsp3) is 0.400. The molecule has 0 bridgehead atoms. The summed E-state index contributed by atoms with van der Waals surface area (Å²) >= 11 is 0. The first-order chi connectivity index (χ1) is 15.4. The van der Waals surface area contributed by atoms with Crippen LogP contribution in [0, 0.1) is 5.92 Å². The molecule has 1 aromatic carbocycles. The number of Topliss-reactive ketones (excluding diaryl/α,β-unsaturated/α-hetero) is 1. The largest absolute Gasteiger partial charge is 0.503 e. The Hall–Kier alpha value is -3.19. The quantitative estimate of drug-likeness (QED) is 0.751. The summed E-state index contributed by atoms with van der Waals surface area (Å²) in [7, 11) is 2.12. The summed E-state index contributed by atoms with van der Waals surface area (Å²) in [5.41, 5.74) is 2.65. The van der Waals surface area contributed by atoms with E-state index in [1.165, 1.54) is 4.90 Å². The van der Waals surface area contributed by atoms with E-state index in [1.54, 1.807) is 24.5 Å². The lowest BCUT2D eigenvalue weighted by atomic mass is 9.92. The van der Waals surface area contributed by atoms with Gasteiger partial charge in [-0.3, -0.25) is 19.5 Å². The molecule has 168 valence electrons. The number of anilines is 2. The Balaban J connectivity index is 1.68. The summed E-state index contributed by atoms with van der Waals surface area (Å²) in [6, 6.07) is 10.7. The van der Waals surface area contributed by atoms with Gasteiger partial charge in [0.15, 0.2) is 11.5 Å². The molecule has 1 atom stereocenters. The topological polar surface area (TPSA) is 77.0 Å². The van der Waals surface area contributed by atoms with E-state index in [0.29, 0.717) is 5.69 Å². The summed E-state index contributed by atoms with van der Waals surface area (Å²) < 4.78 is 0. The van der Waals surface area contributed by atoms with E-state index in [-0.39, 0.29) is 23.7 Å². The molecule has 1 saturated heterocycles. The van der Waals surface area contributed by atoms with Gasteiger partial charge in [0.25, 0.3) is 5.91 Å². The van der Waals surface area contributed by atoms with Crippen LogP contribution in [-0.2, 0) is 9.59 Å². The molecule has 7 nitrogen and oxygen atoms in total. The van der Waals surface area contributed by atoms with Crippen LogP contribution >= 0.6 is 0 Å². The zero-order valence-electron chi connectivity index (χ0n) is 18.9. The van der Waals surface area contributed by atoms with Crippen molar-refractivity contribution in [3.8, 4) is 0 Å². The molecule has 0 radical (unpaired) electrons. The van der Waals surface area contributed by atoms with Crippen LogP contribution in [0.4, 0.5) is 11.4 Å². The van der Waals surface area contributed by atoms with Gasteiger partial charge in [0.2, 0.25) is 0 Å². The minimum atomic E-state index is -0.675. The van der Waals surface area contributed by atoms with Crippen molar-refractivity contribution in [3.05, 3.63) is 65.7 Å². The van der Waals surface area contributed by atoms with E-state index in [2.05, 4.69) is 21.8 Å². The van der Waals surface area contributed by atoms with Gasteiger partial charge in [-0.25, -0.2) is 0 Å². The molecule has 1 unspecified atom stereocenters. The molecule has 2 aliphatic rings. The fourth-order valence-electron chi connectivity index (χ4n) is 4.39. The number of carbonyl (C=O) groups excluding carboxylic acids is 2. The number of hydrogen-bond donors (Lipinski definition) is 1. The fourth-order valence-corrected chi connectivity index (χ4v) is 4.39. The molecule has 1 aromatic heterocycles. The van der Waals surface area contributed by atoms with Gasteiger partial charge < -0.3 is 14.9 Å². The maximum absolute atomic E-state index is 13.1. The smallest absolute Gasteiger partial charge is 0.294 e. The van der Waals surface area contributed by atoms with Crippen molar-refractivity contribution in [1.29, 1.82) is 0 Å². The Morgan fingerprint density at radius 3 is 2.22 bits per heavy atom. The number of carbonyl (C=O) groups is 2. The standard InChI is InChI=1S/C25H30N4O3/c1-17(2)16-21(30)22-23(18-8-10-26-11-9-18)29(25(32)24(22)31)20-6-4-19(5-7-20)28-14-12-27(3)13-15-28/h4-11,17,23,31H,12-16H2,1-3H3. The highest BCUT2D eigenvalue weighted by atomic mass is 16.3. The van der Waals surface area contributed by atoms with E-state index in [0.717, 1.165) is 37.4 Å². The summed E-state index contributed by atoms with van der Waals surface area (Å²) in [6.07, 6.45) is 3.53. The van der Waals surface area contributed by atoms with Crippen LogP contribution in [0.1, 0.15) is 31.9 Å². The molecule has 0 saturated carbocycles. The van der Waals surface area contributed by atoms with Crippen LogP contribution in [0.15, 0.2) is 60.1 Å². The minimum Gasteiger partial charge on any atom is -0.503 e. The average molecular weight is 435 g/mol. The van der Waals surface area contributed by atoms with Gasteiger partial charge in [-0.05, 0) is 54.9 Å². The number of likely N-dealkylation sites (N-methyl/N-ethyl adjacent to an activating group) is 1. The number of amides is 1. The Morgan fingerprint density at radius 1 is 1.03 bits per heavy atom. The molecule has 0 aliphatic carbocycles. The summed E-state index contributed by atoms with van der Waals surface area (Å²) in [6.45, 7) is 7.82. The number of piperazine rings is 1. The lowest BCUT2D eigenvalue weighted by Gasteiger charge is -2.34. The maximum atomic E-state index is 13.1. The number of aliphatic hydroxyl groups is 1. The van der Waals surface area contributed by atoms with Crippen molar-refractivity contribution >= 4 is 23.1 Å². The number of ketones is 1. The highest BCUT2D eigenvalue weighted by Crippen LogP contribution is 2.41. The lowest BCUT2D eigenvalue weighted by molar-refractivity contribution is -0.118. The van der Waals surface area contributed by atoms with Crippen LogP contribution in [0.25, 0.3) is 0 Å². The molecule has 3 heterocycles. The highest BCUT2D eigenvalue weighted by Gasteiger charge is 2.44. The van der Waals surface area contributed by atoms with Crippen LogP contribution in [0.3, 0.4) is 0 Å². The van der Waals surface area contributed by atoms with Gasteiger partial charge in [-0.2, -0.15) is 0 Å². The van der Waals surface area contributed by atoms with E-state index < -0.39 is 17.7 Å². The van der Waals surface area contributed by atoms with Crippen molar-refractivity contribution in [1.82, 2.24) is 9.88 Å². The molecule has 32 heavy (non-hydrogen) atoms. The second kappa shape index (κ2) is 9.12. The average Bonchev–Trinajstić information content (AvgIpc) is 3.05. The molecule has 1 fully saturated rings. The number of aromatic nitrogens is 1. The van der Waals surface area contributed by atoms with Gasteiger partial charge in [-0.1, -0.05) is 13.8 Å². The minimum absolute atomic E-state index is 0.118. The number of rotatable bonds is 6. The first-order valence-corrected chi connectivity index (χ1v) is 11.1. The van der Waals surface area contributed by atoms with E-state index in [4.69, 9.17) is 0 Å². The van der Waals surface area contributed by atoms with Crippen molar-refractivity contribution in [2.75, 3.05) is 43.0 Å². The first-order valence-electron chi connectivity index (χ1n) is 11.1. The number of nitrogens with zero attached hydrogens (tertiary/aromatic N) is 4. The van der Waals surface area contributed by atoms with Gasteiger partial charge in [-0.15, -0.1) is 0 Å². The van der Waals surface area contributed by atoms with Gasteiger partial charge in [0, 0.05) is 56.4 Å². The van der Waals surface area contributed by atoms with Gasteiger partial charge in [0.05, 0.1) is 11.6 Å². The first kappa shape index (κ1) is 22.0. The number of pyridine rings is 1. The van der Waals surface area contributed by atoms with Crippen molar-refractivity contribution in [3.63, 3.8) is 0 Å². The van der Waals surface area contributed by atoms with E-state index >= 15 is 0 Å². The predicted octanol–water partition coefficient (Wildman–Crippen LogP) is 3.35. The zero-order chi connectivity index (χ0) is 22.8. The van der Waals surface area contributed by atoms with E-state index in [9.17, 15) is 14.7 Å². The Morgan fingerprint density at radius 2 is 1.62 bits per heavy atom. The lowest BCUT2D eigenvalue weighted by Crippen LogP contribution is -2.44. The SMILES string of the molecule is CC(C)CC(=O)C1=C(O)C(=O)N(c2ccc(N3CCN(C)CC3)cc2)C1c1ccncc1. The molecule has 2 aliphatic heterocycles. The molecule has 4 rings (SSSR count). The Kier molecular flexibility index (Phi) is 6.28. The van der Waals surface area contributed by atoms with Crippen molar-refractivity contribution in [2.24, 2.45) is 5.92 Å². The maximum Gasteiger partial charge on any atom is 0.294 e. The normalized spacial score (nSPS) is 19.9. The second-order valence-electron chi connectivity index (χ2n) is 8.95. The molecule has 0 spiro atoms. The van der Waals surface area contributed by atoms with Crippen molar-refractivity contribution in [2.45, 2.75) is 26.3 Å². The Labute approximate surface area is 189 Å². The number of benzene rings is 1. The third-order valence-electron chi connectivity index (χ3n) is 6.12. The number of aliphatic hydroxyl groups excluding tert-OH is 1. The summed E-state index contributed by atoms with van der Waals surface area (Å²) in [4.78, 5) is 36.4. The highest BCUT2D eigenvalue weighted by molar-refractivity contribution is 6.16. The third-order valence-corrected chi connectivity index (χ3v) is 6.12. The van der Waals surface area contributed by atoms with E-state index in [1.807, 2.05) is 38.1 Å². The number of hydrogen-bond acceptors (Lipinski definition) is 6.